The quantitative estimate of drug-likeness (QED) is 0.796. The topological polar surface area (TPSA) is 49.9 Å². The van der Waals surface area contributed by atoms with Crippen LogP contribution in [0.4, 0.5) is 4.79 Å². The average molecular weight is 314 g/mol. The summed E-state index contributed by atoms with van der Waals surface area (Å²) >= 11 is 4.11. The summed E-state index contributed by atoms with van der Waals surface area (Å²) in [6.07, 6.45) is 2.99. The van der Waals surface area contributed by atoms with Gasteiger partial charge in [0, 0.05) is 26.1 Å². The standard InChI is InChI=1S/C15H26N2O3S/c1-14(2,3)20-13(19)17-10-7-15(17)5-8-16(9-6-15)12(18)4-11-21/h21H,4-11H2,1-3H3. The highest BCUT2D eigenvalue weighted by atomic mass is 32.1. The Morgan fingerprint density at radius 3 is 2.14 bits per heavy atom. The fourth-order valence-electron chi connectivity index (χ4n) is 3.09. The number of thiol groups is 1. The van der Waals surface area contributed by atoms with E-state index in [1.165, 1.54) is 0 Å². The van der Waals surface area contributed by atoms with Gasteiger partial charge in [0.1, 0.15) is 5.60 Å². The number of rotatable bonds is 2. The van der Waals surface area contributed by atoms with Crippen molar-refractivity contribution in [1.29, 1.82) is 0 Å². The second-order valence-electron chi connectivity index (χ2n) is 6.96. The molecule has 0 bridgehead atoms. The monoisotopic (exact) mass is 314 g/mol. The van der Waals surface area contributed by atoms with E-state index in [0.717, 1.165) is 38.9 Å². The molecule has 2 amide bonds. The molecule has 120 valence electrons. The van der Waals surface area contributed by atoms with Crippen LogP contribution in [-0.4, -0.2) is 58.3 Å². The third kappa shape index (κ3) is 3.65. The molecule has 0 radical (unpaired) electrons. The van der Waals surface area contributed by atoms with Crippen LogP contribution in [0.2, 0.25) is 0 Å². The van der Waals surface area contributed by atoms with Crippen molar-refractivity contribution >= 4 is 24.6 Å². The van der Waals surface area contributed by atoms with Crippen LogP contribution < -0.4 is 0 Å². The minimum absolute atomic E-state index is 0.0833. The maximum Gasteiger partial charge on any atom is 0.410 e. The van der Waals surface area contributed by atoms with Crippen LogP contribution in [0.15, 0.2) is 0 Å². The molecule has 2 aliphatic rings. The zero-order chi connectivity index (χ0) is 15.7. The normalized spacial score (nSPS) is 21.1. The van der Waals surface area contributed by atoms with Gasteiger partial charge in [-0.05, 0) is 45.8 Å². The van der Waals surface area contributed by atoms with E-state index in [1.807, 2.05) is 30.6 Å². The summed E-state index contributed by atoms with van der Waals surface area (Å²) in [6, 6.07) is 0. The fourth-order valence-corrected chi connectivity index (χ4v) is 3.28. The average Bonchev–Trinajstić information content (AvgIpc) is 2.35. The number of hydrogen-bond donors (Lipinski definition) is 1. The SMILES string of the molecule is CC(C)(C)OC(=O)N1CCC12CCN(C(=O)CCS)CC2. The molecule has 2 heterocycles. The summed E-state index contributed by atoms with van der Waals surface area (Å²) in [5.41, 5.74) is -0.544. The molecular weight excluding hydrogens is 288 g/mol. The zero-order valence-electron chi connectivity index (χ0n) is 13.2. The van der Waals surface area contributed by atoms with E-state index >= 15 is 0 Å². The third-order valence-electron chi connectivity index (χ3n) is 4.36. The number of piperidine rings is 1. The molecule has 2 fully saturated rings. The Hall–Kier alpha value is -0.910. The molecule has 0 atom stereocenters. The number of amides is 2. The van der Waals surface area contributed by atoms with Crippen LogP contribution >= 0.6 is 12.6 Å². The molecule has 0 aromatic heterocycles. The van der Waals surface area contributed by atoms with Crippen molar-refractivity contribution in [3.05, 3.63) is 0 Å². The Bertz CT molecular complexity index is 412. The fraction of sp³-hybridized carbons (Fsp3) is 0.867. The van der Waals surface area contributed by atoms with E-state index in [-0.39, 0.29) is 17.5 Å². The molecule has 2 saturated heterocycles. The van der Waals surface area contributed by atoms with E-state index < -0.39 is 5.60 Å². The first kappa shape index (κ1) is 16.5. The van der Waals surface area contributed by atoms with Gasteiger partial charge >= 0.3 is 6.09 Å². The maximum absolute atomic E-state index is 12.2. The summed E-state index contributed by atoms with van der Waals surface area (Å²) < 4.78 is 5.48. The molecule has 2 aliphatic heterocycles. The van der Waals surface area contributed by atoms with E-state index in [9.17, 15) is 9.59 Å². The van der Waals surface area contributed by atoms with Crippen LogP contribution in [0.25, 0.3) is 0 Å². The van der Waals surface area contributed by atoms with Gasteiger partial charge in [-0.15, -0.1) is 0 Å². The Morgan fingerprint density at radius 1 is 1.14 bits per heavy atom. The highest BCUT2D eigenvalue weighted by molar-refractivity contribution is 7.80. The molecule has 0 aromatic rings. The Kier molecular flexibility index (Phi) is 4.76. The predicted octanol–water partition coefficient (Wildman–Crippen LogP) is 2.31. The van der Waals surface area contributed by atoms with Crippen molar-refractivity contribution in [2.24, 2.45) is 0 Å². The second-order valence-corrected chi connectivity index (χ2v) is 7.41. The lowest BCUT2D eigenvalue weighted by Crippen LogP contribution is -2.66. The molecule has 0 unspecified atom stereocenters. The largest absolute Gasteiger partial charge is 0.444 e. The lowest BCUT2D eigenvalue weighted by molar-refractivity contribution is -0.135. The molecule has 5 nitrogen and oxygen atoms in total. The van der Waals surface area contributed by atoms with E-state index in [0.29, 0.717) is 12.2 Å². The third-order valence-corrected chi connectivity index (χ3v) is 4.58. The van der Waals surface area contributed by atoms with Gasteiger partial charge in [-0.25, -0.2) is 4.79 Å². The van der Waals surface area contributed by atoms with Gasteiger partial charge in [0.2, 0.25) is 5.91 Å². The van der Waals surface area contributed by atoms with Crippen molar-refractivity contribution in [2.45, 2.75) is 57.6 Å². The summed E-state index contributed by atoms with van der Waals surface area (Å²) in [7, 11) is 0. The van der Waals surface area contributed by atoms with E-state index in [1.54, 1.807) is 0 Å². The molecule has 0 saturated carbocycles. The minimum atomic E-state index is -0.461. The van der Waals surface area contributed by atoms with Gasteiger partial charge in [0.25, 0.3) is 0 Å². The Balaban J connectivity index is 1.91. The van der Waals surface area contributed by atoms with E-state index in [2.05, 4.69) is 12.6 Å². The van der Waals surface area contributed by atoms with Crippen molar-refractivity contribution in [3.63, 3.8) is 0 Å². The highest BCUT2D eigenvalue weighted by Crippen LogP contribution is 2.40. The number of likely N-dealkylation sites (tertiary alicyclic amines) is 2. The second kappa shape index (κ2) is 6.07. The first-order chi connectivity index (χ1) is 9.77. The maximum atomic E-state index is 12.2. The molecule has 0 N–H and O–H groups in total. The summed E-state index contributed by atoms with van der Waals surface area (Å²) in [4.78, 5) is 27.9. The van der Waals surface area contributed by atoms with Crippen LogP contribution in [0.5, 0.6) is 0 Å². The van der Waals surface area contributed by atoms with Crippen molar-refractivity contribution < 1.29 is 14.3 Å². The zero-order valence-corrected chi connectivity index (χ0v) is 14.1. The van der Waals surface area contributed by atoms with Crippen LogP contribution in [0, 0.1) is 0 Å². The lowest BCUT2D eigenvalue weighted by Gasteiger charge is -2.56. The van der Waals surface area contributed by atoms with Crippen LogP contribution in [0.1, 0.15) is 46.5 Å². The summed E-state index contributed by atoms with van der Waals surface area (Å²) in [5.74, 6) is 0.757. The molecule has 2 rings (SSSR count). The Morgan fingerprint density at radius 2 is 1.71 bits per heavy atom. The van der Waals surface area contributed by atoms with E-state index in [4.69, 9.17) is 4.74 Å². The van der Waals surface area contributed by atoms with Gasteiger partial charge in [0.15, 0.2) is 0 Å². The van der Waals surface area contributed by atoms with Gasteiger partial charge in [-0.3, -0.25) is 4.79 Å². The van der Waals surface area contributed by atoms with Crippen LogP contribution in [0.3, 0.4) is 0 Å². The molecule has 0 aromatic carbocycles. The minimum Gasteiger partial charge on any atom is -0.444 e. The van der Waals surface area contributed by atoms with Gasteiger partial charge in [-0.1, -0.05) is 0 Å². The first-order valence-corrected chi connectivity index (χ1v) is 8.30. The molecule has 1 spiro atoms. The number of hydrogen-bond acceptors (Lipinski definition) is 4. The highest BCUT2D eigenvalue weighted by Gasteiger charge is 2.50. The van der Waals surface area contributed by atoms with Gasteiger partial charge in [-0.2, -0.15) is 12.6 Å². The predicted molar refractivity (Wildman–Crippen MR) is 84.6 cm³/mol. The van der Waals surface area contributed by atoms with Gasteiger partial charge < -0.3 is 14.5 Å². The number of carbonyl (C=O) groups excluding carboxylic acids is 2. The summed E-state index contributed by atoms with van der Waals surface area (Å²) in [6.45, 7) is 7.87. The lowest BCUT2D eigenvalue weighted by atomic mass is 9.76. The van der Waals surface area contributed by atoms with Crippen molar-refractivity contribution in [1.82, 2.24) is 9.80 Å². The van der Waals surface area contributed by atoms with Crippen LogP contribution in [-0.2, 0) is 9.53 Å². The first-order valence-electron chi connectivity index (χ1n) is 7.67. The Labute approximate surface area is 132 Å². The molecular formula is C15H26N2O3S. The molecule has 21 heavy (non-hydrogen) atoms. The summed E-state index contributed by atoms with van der Waals surface area (Å²) in [5, 5.41) is 0. The number of ether oxygens (including phenoxy) is 1. The van der Waals surface area contributed by atoms with Crippen molar-refractivity contribution in [2.75, 3.05) is 25.4 Å². The van der Waals surface area contributed by atoms with Crippen molar-refractivity contribution in [3.8, 4) is 0 Å². The number of carbonyl (C=O) groups is 2. The van der Waals surface area contributed by atoms with Gasteiger partial charge in [0.05, 0.1) is 5.54 Å². The smallest absolute Gasteiger partial charge is 0.410 e. The molecule has 0 aliphatic carbocycles. The number of nitrogens with zero attached hydrogens (tertiary/aromatic N) is 2. The molecule has 6 heteroatoms.